The standard InChI is InChI=1S/C17H15FN2O2/c1-22-12-6-7-16-13(8-12)14(10-19-16)17(21)20-9-11-4-2-3-5-15(11)18/h2-8,10,19H,9H2,1H3,(H,20,21). The number of amides is 1. The van der Waals surface area contributed by atoms with E-state index in [1.165, 1.54) is 6.07 Å². The van der Waals surface area contributed by atoms with Gasteiger partial charge in [-0.1, -0.05) is 18.2 Å². The Bertz CT molecular complexity index is 826. The van der Waals surface area contributed by atoms with Crippen LogP contribution in [0.25, 0.3) is 10.9 Å². The maximum atomic E-state index is 13.6. The van der Waals surface area contributed by atoms with Gasteiger partial charge in [0.05, 0.1) is 12.7 Å². The van der Waals surface area contributed by atoms with Crippen molar-refractivity contribution < 1.29 is 13.9 Å². The number of halogens is 1. The monoisotopic (exact) mass is 298 g/mol. The van der Waals surface area contributed by atoms with E-state index in [2.05, 4.69) is 10.3 Å². The van der Waals surface area contributed by atoms with Crippen molar-refractivity contribution in [1.29, 1.82) is 0 Å². The highest BCUT2D eigenvalue weighted by atomic mass is 19.1. The molecule has 1 aromatic heterocycles. The van der Waals surface area contributed by atoms with Crippen molar-refractivity contribution in [1.82, 2.24) is 10.3 Å². The maximum absolute atomic E-state index is 13.6. The number of fused-ring (bicyclic) bond motifs is 1. The second-order valence-electron chi connectivity index (χ2n) is 4.89. The van der Waals surface area contributed by atoms with Gasteiger partial charge >= 0.3 is 0 Å². The van der Waals surface area contributed by atoms with Crippen LogP contribution < -0.4 is 10.1 Å². The smallest absolute Gasteiger partial charge is 0.253 e. The number of ether oxygens (including phenoxy) is 1. The lowest BCUT2D eigenvalue weighted by Crippen LogP contribution is -2.23. The average Bonchev–Trinajstić information content (AvgIpc) is 2.96. The minimum absolute atomic E-state index is 0.141. The summed E-state index contributed by atoms with van der Waals surface area (Å²) in [7, 11) is 1.58. The summed E-state index contributed by atoms with van der Waals surface area (Å²) in [5.74, 6) is 0.0846. The zero-order valence-electron chi connectivity index (χ0n) is 12.0. The van der Waals surface area contributed by atoms with E-state index in [4.69, 9.17) is 4.74 Å². The molecular formula is C17H15FN2O2. The molecule has 2 N–H and O–H groups in total. The highest BCUT2D eigenvalue weighted by Crippen LogP contribution is 2.23. The van der Waals surface area contributed by atoms with Crippen molar-refractivity contribution in [3.05, 3.63) is 65.6 Å². The van der Waals surface area contributed by atoms with Gasteiger partial charge in [-0.3, -0.25) is 4.79 Å². The van der Waals surface area contributed by atoms with Crippen molar-refractivity contribution in [3.8, 4) is 5.75 Å². The summed E-state index contributed by atoms with van der Waals surface area (Å²) in [6.07, 6.45) is 1.64. The Morgan fingerprint density at radius 2 is 2.09 bits per heavy atom. The summed E-state index contributed by atoms with van der Waals surface area (Å²) in [5.41, 5.74) is 1.80. The summed E-state index contributed by atoms with van der Waals surface area (Å²) in [6, 6.07) is 11.8. The van der Waals surface area contributed by atoms with Gasteiger partial charge in [-0.05, 0) is 24.3 Å². The van der Waals surface area contributed by atoms with E-state index in [9.17, 15) is 9.18 Å². The Kier molecular flexibility index (Phi) is 3.78. The number of carbonyl (C=O) groups is 1. The predicted octanol–water partition coefficient (Wildman–Crippen LogP) is 3.25. The maximum Gasteiger partial charge on any atom is 0.253 e. The first-order chi connectivity index (χ1) is 10.7. The second kappa shape index (κ2) is 5.89. The third-order valence-electron chi connectivity index (χ3n) is 3.53. The molecule has 0 fully saturated rings. The summed E-state index contributed by atoms with van der Waals surface area (Å²) in [4.78, 5) is 15.3. The number of methoxy groups -OCH3 is 1. The molecule has 3 rings (SSSR count). The van der Waals surface area contributed by atoms with E-state index >= 15 is 0 Å². The molecule has 2 aromatic carbocycles. The molecule has 4 nitrogen and oxygen atoms in total. The topological polar surface area (TPSA) is 54.1 Å². The number of hydrogen-bond acceptors (Lipinski definition) is 2. The van der Waals surface area contributed by atoms with Crippen molar-refractivity contribution >= 4 is 16.8 Å². The number of rotatable bonds is 4. The Morgan fingerprint density at radius 1 is 1.27 bits per heavy atom. The van der Waals surface area contributed by atoms with Gasteiger partial charge in [0.2, 0.25) is 0 Å². The molecule has 0 saturated heterocycles. The Labute approximate surface area is 126 Å². The molecule has 1 amide bonds. The van der Waals surface area contributed by atoms with E-state index in [1.807, 2.05) is 12.1 Å². The number of H-pyrrole nitrogens is 1. The van der Waals surface area contributed by atoms with E-state index in [-0.39, 0.29) is 18.3 Å². The van der Waals surface area contributed by atoms with Crippen LogP contribution in [0.2, 0.25) is 0 Å². The van der Waals surface area contributed by atoms with Crippen LogP contribution in [0, 0.1) is 5.82 Å². The fourth-order valence-electron chi connectivity index (χ4n) is 2.33. The fraction of sp³-hybridized carbons (Fsp3) is 0.118. The van der Waals surface area contributed by atoms with Crippen LogP contribution in [0.4, 0.5) is 4.39 Å². The van der Waals surface area contributed by atoms with Crippen molar-refractivity contribution in [2.45, 2.75) is 6.54 Å². The lowest BCUT2D eigenvalue weighted by Gasteiger charge is -2.06. The number of benzene rings is 2. The second-order valence-corrected chi connectivity index (χ2v) is 4.89. The van der Waals surface area contributed by atoms with E-state index in [0.717, 1.165) is 10.9 Å². The fourth-order valence-corrected chi connectivity index (χ4v) is 2.33. The molecule has 0 aliphatic heterocycles. The van der Waals surface area contributed by atoms with Crippen LogP contribution in [0.5, 0.6) is 5.75 Å². The van der Waals surface area contributed by atoms with Crippen molar-refractivity contribution in [2.24, 2.45) is 0 Å². The quantitative estimate of drug-likeness (QED) is 0.777. The summed E-state index contributed by atoms with van der Waals surface area (Å²) in [6.45, 7) is 0.141. The minimum Gasteiger partial charge on any atom is -0.497 e. The first kappa shape index (κ1) is 14.1. The van der Waals surface area contributed by atoms with Gasteiger partial charge < -0.3 is 15.0 Å². The lowest BCUT2D eigenvalue weighted by molar-refractivity contribution is 0.0952. The summed E-state index contributed by atoms with van der Waals surface area (Å²) in [5, 5.41) is 3.50. The minimum atomic E-state index is -0.330. The first-order valence-corrected chi connectivity index (χ1v) is 6.86. The van der Waals surface area contributed by atoms with E-state index < -0.39 is 0 Å². The molecule has 0 atom stereocenters. The zero-order valence-corrected chi connectivity index (χ0v) is 12.0. The van der Waals surface area contributed by atoms with Crippen LogP contribution in [0.15, 0.2) is 48.7 Å². The number of carbonyl (C=O) groups excluding carboxylic acids is 1. The van der Waals surface area contributed by atoms with E-state index in [1.54, 1.807) is 37.6 Å². The molecule has 0 spiro atoms. The van der Waals surface area contributed by atoms with Gasteiger partial charge in [-0.2, -0.15) is 0 Å². The molecule has 112 valence electrons. The van der Waals surface area contributed by atoms with Crippen molar-refractivity contribution in [3.63, 3.8) is 0 Å². The molecule has 0 radical (unpaired) electrons. The van der Waals surface area contributed by atoms with Crippen LogP contribution in [-0.2, 0) is 6.54 Å². The predicted molar refractivity (Wildman–Crippen MR) is 82.4 cm³/mol. The molecule has 3 aromatic rings. The van der Waals surface area contributed by atoms with Gasteiger partial charge in [0, 0.05) is 29.2 Å². The lowest BCUT2D eigenvalue weighted by atomic mass is 10.1. The van der Waals surface area contributed by atoms with Crippen LogP contribution in [0.3, 0.4) is 0 Å². The number of hydrogen-bond donors (Lipinski definition) is 2. The highest BCUT2D eigenvalue weighted by Gasteiger charge is 2.13. The molecule has 0 saturated carbocycles. The average molecular weight is 298 g/mol. The van der Waals surface area contributed by atoms with Gasteiger partial charge in [0.1, 0.15) is 11.6 Å². The summed E-state index contributed by atoms with van der Waals surface area (Å²) < 4.78 is 18.7. The number of aromatic amines is 1. The molecule has 22 heavy (non-hydrogen) atoms. The van der Waals surface area contributed by atoms with Gasteiger partial charge in [0.15, 0.2) is 0 Å². The number of aromatic nitrogens is 1. The molecule has 0 aliphatic rings. The Balaban J connectivity index is 1.82. The highest BCUT2D eigenvalue weighted by molar-refractivity contribution is 6.07. The molecule has 0 bridgehead atoms. The normalized spacial score (nSPS) is 10.6. The molecule has 0 aliphatic carbocycles. The first-order valence-electron chi connectivity index (χ1n) is 6.86. The largest absolute Gasteiger partial charge is 0.497 e. The molecule has 1 heterocycles. The third kappa shape index (κ3) is 2.65. The number of nitrogens with one attached hydrogen (secondary N) is 2. The Hall–Kier alpha value is -2.82. The van der Waals surface area contributed by atoms with E-state index in [0.29, 0.717) is 16.9 Å². The molecular weight excluding hydrogens is 283 g/mol. The molecule has 0 unspecified atom stereocenters. The van der Waals surface area contributed by atoms with Gasteiger partial charge in [-0.15, -0.1) is 0 Å². The molecule has 5 heteroatoms. The van der Waals surface area contributed by atoms with Crippen LogP contribution >= 0.6 is 0 Å². The summed E-state index contributed by atoms with van der Waals surface area (Å²) >= 11 is 0. The van der Waals surface area contributed by atoms with Gasteiger partial charge in [-0.25, -0.2) is 4.39 Å². The van der Waals surface area contributed by atoms with Crippen LogP contribution in [0.1, 0.15) is 15.9 Å². The zero-order chi connectivity index (χ0) is 15.5. The van der Waals surface area contributed by atoms with Crippen LogP contribution in [-0.4, -0.2) is 18.0 Å². The van der Waals surface area contributed by atoms with Crippen molar-refractivity contribution in [2.75, 3.05) is 7.11 Å². The van der Waals surface area contributed by atoms with Gasteiger partial charge in [0.25, 0.3) is 5.91 Å². The SMILES string of the molecule is COc1ccc2[nH]cc(C(=O)NCc3ccccc3F)c2c1. The third-order valence-corrected chi connectivity index (χ3v) is 3.53. The Morgan fingerprint density at radius 3 is 2.86 bits per heavy atom.